The van der Waals surface area contributed by atoms with Gasteiger partial charge in [-0.3, -0.25) is 59.7 Å². The van der Waals surface area contributed by atoms with Crippen molar-refractivity contribution < 1.29 is 217 Å². The zero-order valence-corrected chi connectivity index (χ0v) is 93.3. The molecule has 0 spiro atoms. The number of carbonyl (C=O) groups is 8. The van der Waals surface area contributed by atoms with Crippen LogP contribution in [0.5, 0.6) is 29.0 Å². The number of phenols is 1. The monoisotopic (exact) mass is 2210 g/mol. The molecule has 4 N–H and O–H groups in total. The maximum atomic E-state index is 13.3. The van der Waals surface area contributed by atoms with Gasteiger partial charge in [0.25, 0.3) is 30.7 Å². The molecule has 37 nitrogen and oxygen atoms in total. The van der Waals surface area contributed by atoms with Crippen LogP contribution in [0, 0.1) is 57.3 Å². The molecule has 12 heterocycles. The van der Waals surface area contributed by atoms with Crippen LogP contribution in [-0.2, 0) is 33.5 Å². The molecule has 15 rings (SSSR count). The Balaban J connectivity index is 0.000000329. The van der Waals surface area contributed by atoms with Crippen LogP contribution in [0.2, 0.25) is 20.2 Å². The van der Waals surface area contributed by atoms with Gasteiger partial charge in [-0.1, -0.05) is 67.0 Å². The molecule has 0 radical (unpaired) electrons. The van der Waals surface area contributed by atoms with Gasteiger partial charge in [0.15, 0.2) is 0 Å². The number of carbonyl (C=O) groups excluding carboxylic acids is 8. The summed E-state index contributed by atoms with van der Waals surface area (Å²) in [6.45, 7) is 26.2. The standard InChI is InChI=1S/C29H32ClN7O4.C27H26ClN7O3.C25H30ClN5O4.C6H2.C4H3ClN2.C3H4O2.CH2O3.CH4.2Cs.H/c1-18-15-19(10-13-32-18)26(38)35-27-34-21-8-9-22(40-23-11-12-31-17-33-23)24(30)25(21)37(27)20-7-5-6-14-36(16-20)28(39)41-29(2,3)4;1-3-23(36)34-13-5-4-6-19(15-34)35-25-20(7-8-21(24(25)28)38-22-10-11-29-16-31-22)32-27(35)33-26(37)18-9-12-30-17(2)14-18;1-15-13-16(10-11-27-15)22(33)29-23-28-18-8-9-19(32)20(26)21(18)31(23)17-7-5-6-12-30(14-17)24(34)35-25(2,3)4;1-3-5-6-4-2;5-4-1-2-6-3-7-4;1-2-5-3-4;2-1-4-3;;;;/h8-13,15,17,20H,5-7,14,16H2,1-4H3,(H,34,35,38);3,7-12,14,16,19H,1,4-6,13,15H2,2H3,(H,32,33,37);8-11,13,17,32H,5-7,12,14H2,1-4H3,(H,28,29,33);1-2H;1-3H;2-3H,1H2;1,3H;1H4;;;/q;;;;;;;;2*+1;-1/p-1/t20-;19-;17-;;;;;;;;/m111......../s1. The predicted molar refractivity (Wildman–Crippen MR) is 517 cm³/mol. The third-order valence-corrected chi connectivity index (χ3v) is 21.1. The number of ether oxygens (including phenoxy) is 5. The second-order valence-electron chi connectivity index (χ2n) is 31.8. The smallest absolute Gasteiger partial charge is 1.00 e. The number of aromatic hydroxyl groups is 1. The van der Waals surface area contributed by atoms with E-state index in [-0.39, 0.29) is 218 Å². The molecule has 43 heteroatoms. The first kappa shape index (κ1) is 117. The Kier molecular flexibility index (Phi) is 48.8. The minimum Gasteiger partial charge on any atom is -1.00 e. The minimum absolute atomic E-state index is 0. The molecule has 0 aliphatic carbocycles. The number of hydrogen-bond acceptors (Lipinski definition) is 28. The maximum Gasteiger partial charge on any atom is 1.00 e. The second-order valence-corrected chi connectivity index (χ2v) is 33.4. The number of imidazole rings is 3. The summed E-state index contributed by atoms with van der Waals surface area (Å²) in [7, 11) is 0. The normalized spacial score (nSPS) is 14.1. The largest absolute Gasteiger partial charge is 1.00 e. The van der Waals surface area contributed by atoms with Crippen LogP contribution in [0.15, 0.2) is 173 Å². The average Bonchev–Trinajstić information content (AvgIpc) is 1.62. The summed E-state index contributed by atoms with van der Waals surface area (Å²) in [5.74, 6) is 9.75. The number of halogens is 4. The van der Waals surface area contributed by atoms with Crippen LogP contribution in [0.25, 0.3) is 33.1 Å². The molecule has 718 valence electrons. The predicted octanol–water partition coefficient (Wildman–Crippen LogP) is 11.4. The fourth-order valence-corrected chi connectivity index (χ4v) is 15.0. The number of phenolic OH excluding ortho intramolecular Hbond substituents is 1. The first-order valence-corrected chi connectivity index (χ1v) is 43.7. The first-order chi connectivity index (χ1) is 65.2. The number of rotatable bonds is 17. The van der Waals surface area contributed by atoms with Gasteiger partial charge >= 0.3 is 150 Å². The van der Waals surface area contributed by atoms with Gasteiger partial charge < -0.3 is 68.8 Å². The van der Waals surface area contributed by atoms with E-state index in [1.807, 2.05) is 76.0 Å². The zero-order chi connectivity index (χ0) is 98.6. The van der Waals surface area contributed by atoms with Gasteiger partial charge in [-0.15, -0.1) is 12.8 Å². The Morgan fingerprint density at radius 2 is 0.849 bits per heavy atom. The number of likely N-dealkylation sites (tertiary alicyclic amines) is 3. The number of nitrogens with zero attached hydrogens (tertiary/aromatic N) is 18. The summed E-state index contributed by atoms with van der Waals surface area (Å²) in [5, 5.41) is 28.8. The third kappa shape index (κ3) is 35.3. The van der Waals surface area contributed by atoms with Crippen LogP contribution < -0.4 is 168 Å². The Morgan fingerprint density at radius 1 is 0.496 bits per heavy atom. The number of anilines is 3. The van der Waals surface area contributed by atoms with Crippen molar-refractivity contribution in [3.8, 4) is 65.5 Å². The topological polar surface area (TPSA) is 451 Å². The van der Waals surface area contributed by atoms with Gasteiger partial charge in [0.1, 0.15) is 67.7 Å². The third-order valence-electron chi connectivity index (χ3n) is 19.7. The molecular formula is C96H103Cl4Cs2N21O16. The van der Waals surface area contributed by atoms with Crippen molar-refractivity contribution >= 4 is 146 Å². The van der Waals surface area contributed by atoms with E-state index in [0.29, 0.717) is 152 Å². The van der Waals surface area contributed by atoms with Crippen molar-refractivity contribution in [1.29, 1.82) is 0 Å². The number of fused-ring (bicyclic) bond motifs is 3. The fraction of sp³-hybridized carbons (Fsp3) is 0.312. The molecule has 3 aromatic carbocycles. The molecule has 3 aliphatic heterocycles. The van der Waals surface area contributed by atoms with E-state index in [2.05, 4.69) is 112 Å². The van der Waals surface area contributed by atoms with Crippen molar-refractivity contribution in [3.63, 3.8) is 0 Å². The first-order valence-electron chi connectivity index (χ1n) is 42.2. The van der Waals surface area contributed by atoms with E-state index >= 15 is 0 Å². The number of amides is 6. The van der Waals surface area contributed by atoms with Gasteiger partial charge in [-0.25, -0.2) is 54.4 Å². The molecule has 3 atom stereocenters. The number of terminal acetylenes is 2. The van der Waals surface area contributed by atoms with Gasteiger partial charge in [0.05, 0.1) is 57.5 Å². The van der Waals surface area contributed by atoms with Crippen molar-refractivity contribution in [1.82, 2.24) is 88.2 Å². The molecule has 9 aromatic heterocycles. The van der Waals surface area contributed by atoms with E-state index in [0.717, 1.165) is 81.1 Å². The van der Waals surface area contributed by atoms with Gasteiger partial charge in [0.2, 0.25) is 35.5 Å². The second kappa shape index (κ2) is 58.2. The Hall–Kier alpha value is -11.1. The SMILES string of the molecule is C.C#CC#CC#C.C=CC(=O)N1CCCC[C@@H](n2c(NC(=O)c3ccnc(C)c3)nc3ccc(Oc4ccncn4)c(Cl)c32)C1.C=COC=O.Cc1cc(C(=O)Nc2nc3ccc(O)c(Cl)c3n2[C@@H]2CCCCN(C(=O)OC(C)(C)C)C2)ccn1.Cc1cc(C(=O)Nc2nc3ccc(Oc4ccncn4)c(Cl)c3n2[C@@H]2CCCCN(C(=O)OC(C)(C)C)C2)ccn1.Clc1ccncn1.O=CO[O-].[Cs+].[Cs+].[H-]. The van der Waals surface area contributed by atoms with Gasteiger partial charge in [-0.05, 0) is 229 Å². The van der Waals surface area contributed by atoms with Crippen molar-refractivity contribution in [2.24, 2.45) is 0 Å². The van der Waals surface area contributed by atoms with Crippen LogP contribution >= 0.6 is 46.4 Å². The van der Waals surface area contributed by atoms with Crippen LogP contribution in [0.1, 0.15) is 174 Å². The van der Waals surface area contributed by atoms with Crippen LogP contribution in [0.4, 0.5) is 27.4 Å². The van der Waals surface area contributed by atoms with Crippen molar-refractivity contribution in [2.45, 2.75) is 157 Å². The molecule has 0 unspecified atom stereocenters. The maximum absolute atomic E-state index is 13.3. The molecule has 139 heavy (non-hydrogen) atoms. The summed E-state index contributed by atoms with van der Waals surface area (Å²) in [6.07, 6.45) is 32.0. The van der Waals surface area contributed by atoms with Crippen LogP contribution in [-0.4, -0.2) is 193 Å². The molecule has 3 saturated heterocycles. The van der Waals surface area contributed by atoms with E-state index < -0.39 is 11.2 Å². The zero-order valence-electron chi connectivity index (χ0n) is 78.7. The minimum atomic E-state index is -0.626. The number of aryl methyl sites for hydroxylation is 3. The van der Waals surface area contributed by atoms with Crippen molar-refractivity contribution in [2.75, 3.05) is 55.2 Å². The average molecular weight is 2210 g/mol. The van der Waals surface area contributed by atoms with E-state index in [4.69, 9.17) is 103 Å². The quantitative estimate of drug-likeness (QED) is 0.00961. The van der Waals surface area contributed by atoms with Crippen LogP contribution in [0.3, 0.4) is 0 Å². The molecular weight excluding hydrogens is 2110 g/mol. The Labute approximate surface area is 943 Å². The Bertz CT molecular complexity index is 6350. The van der Waals surface area contributed by atoms with Crippen molar-refractivity contribution in [3.05, 3.63) is 227 Å². The van der Waals surface area contributed by atoms with E-state index in [9.17, 15) is 33.9 Å². The number of aromatic nitrogens is 15. The van der Waals surface area contributed by atoms with E-state index in [1.54, 1.807) is 137 Å². The molecule has 12 aromatic rings. The number of nitrogens with one attached hydrogen (secondary N) is 3. The summed E-state index contributed by atoms with van der Waals surface area (Å²) in [6, 6.07) is 24.3. The fourth-order valence-electron chi connectivity index (χ4n) is 14.1. The summed E-state index contributed by atoms with van der Waals surface area (Å²) in [4.78, 5) is 154. The summed E-state index contributed by atoms with van der Waals surface area (Å²) in [5.41, 5.74) is 5.63. The molecule has 0 saturated carbocycles. The number of hydrogen-bond donors (Lipinski definition) is 4. The Morgan fingerprint density at radius 3 is 1.14 bits per heavy atom. The molecule has 6 amide bonds. The summed E-state index contributed by atoms with van der Waals surface area (Å²) >= 11 is 25.8. The van der Waals surface area contributed by atoms with Gasteiger partial charge in [-0.2, -0.15) is 0 Å². The molecule has 0 bridgehead atoms. The molecule has 3 fully saturated rings. The number of pyridine rings is 3. The van der Waals surface area contributed by atoms with E-state index in [1.165, 1.54) is 31.1 Å². The van der Waals surface area contributed by atoms with Gasteiger partial charge in [0, 0.05) is 122 Å². The number of benzene rings is 3. The molecule has 3 aliphatic rings. The summed E-state index contributed by atoms with van der Waals surface area (Å²) < 4.78 is 32.8.